The molecule has 0 aromatic heterocycles. The summed E-state index contributed by atoms with van der Waals surface area (Å²) in [7, 11) is 0. The van der Waals surface area contributed by atoms with E-state index in [1.54, 1.807) is 0 Å². The van der Waals surface area contributed by atoms with Crippen LogP contribution in [0.2, 0.25) is 0 Å². The molecule has 1 aliphatic rings. The van der Waals surface area contributed by atoms with E-state index in [2.05, 4.69) is 10.0 Å². The van der Waals surface area contributed by atoms with E-state index in [1.165, 1.54) is 0 Å². The number of carbonyl (C=O) groups excluding carboxylic acids is 1. The van der Waals surface area contributed by atoms with Gasteiger partial charge < -0.3 is 4.74 Å². The molecule has 1 heterocycles. The molecule has 5 heteroatoms. The maximum absolute atomic E-state index is 12.3. The molecule has 1 saturated heterocycles. The van der Waals surface area contributed by atoms with Gasteiger partial charge in [-0.2, -0.15) is 0 Å². The molecule has 0 aliphatic carbocycles. The lowest BCUT2D eigenvalue weighted by atomic mass is 9.90. The van der Waals surface area contributed by atoms with Gasteiger partial charge in [0.25, 0.3) is 5.91 Å². The minimum Gasteiger partial charge on any atom is -0.347 e. The van der Waals surface area contributed by atoms with E-state index in [4.69, 9.17) is 10.3 Å². The highest BCUT2D eigenvalue weighted by atomic mass is 16.6. The van der Waals surface area contributed by atoms with Gasteiger partial charge in [0.2, 0.25) is 0 Å². The molecule has 5 nitrogen and oxygen atoms in total. The second-order valence-corrected chi connectivity index (χ2v) is 5.00. The molecule has 0 bridgehead atoms. The van der Waals surface area contributed by atoms with Crippen molar-refractivity contribution in [2.45, 2.75) is 18.6 Å². The van der Waals surface area contributed by atoms with Gasteiger partial charge in [-0.25, -0.2) is 0 Å². The Balaban J connectivity index is 2.05. The van der Waals surface area contributed by atoms with Gasteiger partial charge in [0.15, 0.2) is 5.60 Å². The standard InChI is InChI=1S/C16H13N3O2/c1-11-7-9-13(10-8-11)16(15(20)18-19-17)14(21-16)12-5-3-2-4-6-12/h2-10,14H,1H3. The fourth-order valence-corrected chi connectivity index (χ4v) is 2.50. The van der Waals surface area contributed by atoms with Gasteiger partial charge in [0.05, 0.1) is 0 Å². The van der Waals surface area contributed by atoms with E-state index in [-0.39, 0.29) is 0 Å². The SMILES string of the molecule is Cc1ccc(C2(C(=O)N=[N+]=[N-])OC2c2ccccc2)cc1. The van der Waals surface area contributed by atoms with Gasteiger partial charge >= 0.3 is 0 Å². The van der Waals surface area contributed by atoms with Crippen molar-refractivity contribution in [2.24, 2.45) is 5.11 Å². The molecule has 1 amide bonds. The van der Waals surface area contributed by atoms with E-state index in [0.29, 0.717) is 5.56 Å². The number of nitrogens with zero attached hydrogens (tertiary/aromatic N) is 3. The molecular weight excluding hydrogens is 266 g/mol. The summed E-state index contributed by atoms with van der Waals surface area (Å²) in [5, 5.41) is 3.25. The van der Waals surface area contributed by atoms with Crippen LogP contribution < -0.4 is 0 Å². The zero-order chi connectivity index (χ0) is 14.9. The molecule has 2 atom stereocenters. The summed E-state index contributed by atoms with van der Waals surface area (Å²) in [6.07, 6.45) is -0.417. The first-order valence-electron chi connectivity index (χ1n) is 6.58. The van der Waals surface area contributed by atoms with Crippen molar-refractivity contribution in [3.05, 3.63) is 81.7 Å². The lowest BCUT2D eigenvalue weighted by molar-refractivity contribution is -0.123. The van der Waals surface area contributed by atoms with Crippen molar-refractivity contribution in [1.82, 2.24) is 0 Å². The number of epoxide rings is 1. The van der Waals surface area contributed by atoms with E-state index in [9.17, 15) is 4.79 Å². The number of aryl methyl sites for hydroxylation is 1. The summed E-state index contributed by atoms with van der Waals surface area (Å²) in [5.41, 5.74) is 10.0. The summed E-state index contributed by atoms with van der Waals surface area (Å²) < 4.78 is 5.72. The van der Waals surface area contributed by atoms with Crippen molar-refractivity contribution in [2.75, 3.05) is 0 Å². The molecule has 0 spiro atoms. The minimum absolute atomic E-state index is 0.417. The minimum atomic E-state index is -1.19. The highest BCUT2D eigenvalue weighted by molar-refractivity contribution is 5.91. The summed E-state index contributed by atoms with van der Waals surface area (Å²) >= 11 is 0. The Kier molecular flexibility index (Phi) is 3.22. The third kappa shape index (κ3) is 2.18. The first-order chi connectivity index (χ1) is 10.2. The molecule has 2 aromatic carbocycles. The number of azide groups is 1. The summed E-state index contributed by atoms with van der Waals surface area (Å²) in [5.74, 6) is -0.609. The van der Waals surface area contributed by atoms with Crippen LogP contribution in [0.15, 0.2) is 59.7 Å². The zero-order valence-corrected chi connectivity index (χ0v) is 11.4. The largest absolute Gasteiger partial charge is 0.347 e. The zero-order valence-electron chi connectivity index (χ0n) is 11.4. The molecule has 1 fully saturated rings. The monoisotopic (exact) mass is 279 g/mol. The molecular formula is C16H13N3O2. The van der Waals surface area contributed by atoms with E-state index in [0.717, 1.165) is 11.1 Å². The number of rotatable bonds is 3. The second kappa shape index (κ2) is 5.05. The molecule has 0 saturated carbocycles. The smallest absolute Gasteiger partial charge is 0.258 e. The maximum atomic E-state index is 12.3. The van der Waals surface area contributed by atoms with Crippen molar-refractivity contribution in [3.8, 4) is 0 Å². The first kappa shape index (κ1) is 13.4. The summed E-state index contributed by atoms with van der Waals surface area (Å²) in [4.78, 5) is 14.9. The average Bonchev–Trinajstić information content (AvgIpc) is 3.26. The van der Waals surface area contributed by atoms with E-state index >= 15 is 0 Å². The Bertz CT molecular complexity index is 721. The molecule has 2 unspecified atom stereocenters. The molecule has 1 aliphatic heterocycles. The van der Waals surface area contributed by atoms with Crippen LogP contribution in [0.1, 0.15) is 22.8 Å². The van der Waals surface area contributed by atoms with Crippen LogP contribution in [-0.2, 0) is 15.1 Å². The Labute approximate surface area is 121 Å². The first-order valence-corrected chi connectivity index (χ1v) is 6.58. The Morgan fingerprint density at radius 3 is 2.48 bits per heavy atom. The maximum Gasteiger partial charge on any atom is 0.258 e. The number of amides is 1. The predicted molar refractivity (Wildman–Crippen MR) is 77.3 cm³/mol. The quantitative estimate of drug-likeness (QED) is 0.371. The number of hydrogen-bond donors (Lipinski definition) is 0. The normalized spacial score (nSPS) is 23.2. The van der Waals surface area contributed by atoms with Crippen molar-refractivity contribution in [3.63, 3.8) is 0 Å². The highest BCUT2D eigenvalue weighted by Crippen LogP contribution is 2.57. The van der Waals surface area contributed by atoms with Gasteiger partial charge in [0.1, 0.15) is 6.10 Å². The Hall–Kier alpha value is -2.62. The number of carbonyl (C=O) groups is 1. The van der Waals surface area contributed by atoms with Crippen LogP contribution >= 0.6 is 0 Å². The average molecular weight is 279 g/mol. The number of ether oxygens (including phenoxy) is 1. The lowest BCUT2D eigenvalue weighted by Crippen LogP contribution is -2.21. The van der Waals surface area contributed by atoms with Gasteiger partial charge in [-0.05, 0) is 28.7 Å². The van der Waals surface area contributed by atoms with Crippen LogP contribution in [0.25, 0.3) is 10.4 Å². The van der Waals surface area contributed by atoms with Crippen LogP contribution in [-0.4, -0.2) is 5.91 Å². The molecule has 21 heavy (non-hydrogen) atoms. The van der Waals surface area contributed by atoms with Gasteiger partial charge in [0, 0.05) is 4.91 Å². The van der Waals surface area contributed by atoms with Crippen LogP contribution in [0.5, 0.6) is 0 Å². The van der Waals surface area contributed by atoms with Gasteiger partial charge in [-0.15, -0.1) is 0 Å². The van der Waals surface area contributed by atoms with Crippen molar-refractivity contribution in [1.29, 1.82) is 0 Å². The van der Waals surface area contributed by atoms with E-state index < -0.39 is 17.6 Å². The molecule has 3 rings (SSSR count). The fourth-order valence-electron chi connectivity index (χ4n) is 2.50. The fraction of sp³-hybridized carbons (Fsp3) is 0.188. The predicted octanol–water partition coefficient (Wildman–Crippen LogP) is 3.80. The Morgan fingerprint density at radius 1 is 1.19 bits per heavy atom. The summed E-state index contributed by atoms with van der Waals surface area (Å²) in [6, 6.07) is 16.9. The lowest BCUT2D eigenvalue weighted by Gasteiger charge is -2.10. The van der Waals surface area contributed by atoms with Crippen LogP contribution in [0.3, 0.4) is 0 Å². The van der Waals surface area contributed by atoms with E-state index in [1.807, 2.05) is 61.5 Å². The van der Waals surface area contributed by atoms with Crippen LogP contribution in [0, 0.1) is 6.92 Å². The number of hydrogen-bond acceptors (Lipinski definition) is 2. The molecule has 0 N–H and O–H groups in total. The van der Waals surface area contributed by atoms with Crippen molar-refractivity contribution >= 4 is 5.91 Å². The van der Waals surface area contributed by atoms with Gasteiger partial charge in [-0.1, -0.05) is 60.2 Å². The highest BCUT2D eigenvalue weighted by Gasteiger charge is 2.63. The molecule has 2 aromatic rings. The third-order valence-electron chi connectivity index (χ3n) is 3.65. The number of benzene rings is 2. The van der Waals surface area contributed by atoms with Gasteiger partial charge in [-0.3, -0.25) is 4.79 Å². The molecule has 104 valence electrons. The van der Waals surface area contributed by atoms with Crippen molar-refractivity contribution < 1.29 is 9.53 Å². The summed E-state index contributed by atoms with van der Waals surface area (Å²) in [6.45, 7) is 1.97. The van der Waals surface area contributed by atoms with Crippen LogP contribution in [0.4, 0.5) is 0 Å². The topological polar surface area (TPSA) is 78.4 Å². The third-order valence-corrected chi connectivity index (χ3v) is 3.65. The second-order valence-electron chi connectivity index (χ2n) is 5.00. The Morgan fingerprint density at radius 2 is 1.86 bits per heavy atom. The molecule has 0 radical (unpaired) electrons.